The number of nitrogens with one attached hydrogen (secondary N) is 2. The third-order valence-electron chi connectivity index (χ3n) is 6.29. The number of hydrogen-bond donors (Lipinski definition) is 2. The second-order valence-electron chi connectivity index (χ2n) is 11.6. The van der Waals surface area contributed by atoms with Crippen molar-refractivity contribution in [2.75, 3.05) is 13.1 Å². The van der Waals surface area contributed by atoms with Gasteiger partial charge in [0.1, 0.15) is 0 Å². The van der Waals surface area contributed by atoms with Crippen LogP contribution in [-0.2, 0) is 0 Å². The van der Waals surface area contributed by atoms with E-state index in [0.29, 0.717) is 12.1 Å². The van der Waals surface area contributed by atoms with E-state index >= 15 is 0 Å². The van der Waals surface area contributed by atoms with Gasteiger partial charge in [-0.1, -0.05) is 0 Å². The van der Waals surface area contributed by atoms with E-state index in [1.54, 1.807) is 0 Å². The standard InChI is InChI=1S/C21H40N4S/c1-18(2)11-15(12-19(3,4)22-18)24-9-10-25(17(24)26)16-13-20(5,6)23-21(7,8)14-16/h15-16,22-23H,9-14H2,1-8H3. The highest BCUT2D eigenvalue weighted by Gasteiger charge is 2.46. The zero-order valence-electron chi connectivity index (χ0n) is 18.2. The lowest BCUT2D eigenvalue weighted by Gasteiger charge is -2.50. The van der Waals surface area contributed by atoms with Gasteiger partial charge in [-0.25, -0.2) is 0 Å². The molecule has 0 aromatic heterocycles. The van der Waals surface area contributed by atoms with E-state index < -0.39 is 0 Å². The number of thiocarbonyl (C=S) groups is 1. The van der Waals surface area contributed by atoms with Crippen LogP contribution in [0.25, 0.3) is 0 Å². The third kappa shape index (κ3) is 4.36. The van der Waals surface area contributed by atoms with Crippen LogP contribution in [0.1, 0.15) is 81.1 Å². The minimum absolute atomic E-state index is 0.161. The average Bonchev–Trinajstić information content (AvgIpc) is 2.73. The quantitative estimate of drug-likeness (QED) is 0.716. The lowest BCUT2D eigenvalue weighted by molar-refractivity contribution is 0.105. The van der Waals surface area contributed by atoms with Crippen LogP contribution >= 0.6 is 12.2 Å². The molecule has 0 amide bonds. The van der Waals surface area contributed by atoms with Gasteiger partial charge >= 0.3 is 0 Å². The van der Waals surface area contributed by atoms with Gasteiger partial charge in [-0.2, -0.15) is 0 Å². The smallest absolute Gasteiger partial charge is 0.172 e. The van der Waals surface area contributed by atoms with Crippen molar-refractivity contribution in [2.24, 2.45) is 0 Å². The minimum atomic E-state index is 0.161. The molecule has 3 saturated heterocycles. The molecule has 26 heavy (non-hydrogen) atoms. The Labute approximate surface area is 166 Å². The van der Waals surface area contributed by atoms with Gasteiger partial charge in [0.25, 0.3) is 0 Å². The van der Waals surface area contributed by atoms with Crippen LogP contribution in [0.4, 0.5) is 0 Å². The first-order valence-electron chi connectivity index (χ1n) is 10.3. The molecule has 2 N–H and O–H groups in total. The molecule has 0 bridgehead atoms. The summed E-state index contributed by atoms with van der Waals surface area (Å²) < 4.78 is 0. The highest BCUT2D eigenvalue weighted by atomic mass is 32.1. The minimum Gasteiger partial charge on any atom is -0.344 e. The molecule has 0 aliphatic carbocycles. The molecule has 3 heterocycles. The normalized spacial score (nSPS) is 31.5. The van der Waals surface area contributed by atoms with Crippen molar-refractivity contribution < 1.29 is 0 Å². The van der Waals surface area contributed by atoms with E-state index in [0.717, 1.165) is 43.9 Å². The summed E-state index contributed by atoms with van der Waals surface area (Å²) in [7, 11) is 0. The molecule has 0 radical (unpaired) electrons. The summed E-state index contributed by atoms with van der Waals surface area (Å²) in [5.41, 5.74) is 0.644. The van der Waals surface area contributed by atoms with Crippen LogP contribution < -0.4 is 10.6 Å². The summed E-state index contributed by atoms with van der Waals surface area (Å²) >= 11 is 6.03. The third-order valence-corrected chi connectivity index (χ3v) is 6.76. The second kappa shape index (κ2) is 6.31. The Hall–Kier alpha value is -0.390. The highest BCUT2D eigenvalue weighted by molar-refractivity contribution is 7.80. The lowest BCUT2D eigenvalue weighted by atomic mass is 9.79. The first kappa shape index (κ1) is 20.3. The van der Waals surface area contributed by atoms with Crippen molar-refractivity contribution in [3.05, 3.63) is 0 Å². The van der Waals surface area contributed by atoms with Gasteiger partial charge in [0, 0.05) is 47.3 Å². The van der Waals surface area contributed by atoms with Gasteiger partial charge in [0.05, 0.1) is 0 Å². The topological polar surface area (TPSA) is 30.5 Å². The molecule has 0 spiro atoms. The molecule has 0 saturated carbocycles. The summed E-state index contributed by atoms with van der Waals surface area (Å²) in [6.45, 7) is 20.8. The van der Waals surface area contributed by atoms with Gasteiger partial charge < -0.3 is 20.4 Å². The van der Waals surface area contributed by atoms with E-state index in [-0.39, 0.29) is 22.2 Å². The molecule has 3 aliphatic rings. The zero-order valence-corrected chi connectivity index (χ0v) is 19.0. The van der Waals surface area contributed by atoms with Gasteiger partial charge in [0.15, 0.2) is 5.11 Å². The van der Waals surface area contributed by atoms with Crippen LogP contribution in [0.3, 0.4) is 0 Å². The summed E-state index contributed by atoms with van der Waals surface area (Å²) in [4.78, 5) is 5.09. The maximum Gasteiger partial charge on any atom is 0.172 e. The Balaban J connectivity index is 1.74. The molecule has 3 rings (SSSR count). The van der Waals surface area contributed by atoms with Crippen molar-refractivity contribution >= 4 is 17.3 Å². The van der Waals surface area contributed by atoms with E-state index in [2.05, 4.69) is 75.8 Å². The van der Waals surface area contributed by atoms with Crippen LogP contribution in [-0.4, -0.2) is 62.2 Å². The number of piperidine rings is 2. The van der Waals surface area contributed by atoms with Gasteiger partial charge in [-0.15, -0.1) is 0 Å². The van der Waals surface area contributed by atoms with Crippen molar-refractivity contribution in [3.63, 3.8) is 0 Å². The Bertz CT molecular complexity index is 486. The molecule has 0 aromatic rings. The van der Waals surface area contributed by atoms with Crippen molar-refractivity contribution in [1.82, 2.24) is 20.4 Å². The summed E-state index contributed by atoms with van der Waals surface area (Å²) in [5, 5.41) is 8.71. The molecular formula is C21H40N4S. The molecule has 0 aromatic carbocycles. The zero-order chi connectivity index (χ0) is 19.5. The van der Waals surface area contributed by atoms with Gasteiger partial charge in [0.2, 0.25) is 0 Å². The predicted molar refractivity (Wildman–Crippen MR) is 115 cm³/mol. The van der Waals surface area contributed by atoms with Crippen LogP contribution in [0.15, 0.2) is 0 Å². The van der Waals surface area contributed by atoms with E-state index in [4.69, 9.17) is 12.2 Å². The fourth-order valence-electron chi connectivity index (χ4n) is 6.23. The number of nitrogens with zero attached hydrogens (tertiary/aromatic N) is 2. The van der Waals surface area contributed by atoms with E-state index in [1.165, 1.54) is 0 Å². The first-order chi connectivity index (χ1) is 11.7. The van der Waals surface area contributed by atoms with E-state index in [1.807, 2.05) is 0 Å². The highest BCUT2D eigenvalue weighted by Crippen LogP contribution is 2.36. The second-order valence-corrected chi connectivity index (χ2v) is 11.9. The Morgan fingerprint density at radius 2 is 0.923 bits per heavy atom. The Morgan fingerprint density at radius 1 is 0.654 bits per heavy atom. The Morgan fingerprint density at radius 3 is 1.19 bits per heavy atom. The SMILES string of the molecule is CC1(C)CC(N2CCN(C3CC(C)(C)NC(C)(C)C3)C2=S)CC(C)(C)N1. The van der Waals surface area contributed by atoms with Crippen molar-refractivity contribution in [3.8, 4) is 0 Å². The molecule has 150 valence electrons. The summed E-state index contributed by atoms with van der Waals surface area (Å²) in [6.07, 6.45) is 4.64. The molecule has 0 unspecified atom stereocenters. The predicted octanol–water partition coefficient (Wildman–Crippen LogP) is 3.51. The lowest BCUT2D eigenvalue weighted by Crippen LogP contribution is -2.63. The van der Waals surface area contributed by atoms with Gasteiger partial charge in [-0.05, 0) is 93.3 Å². The summed E-state index contributed by atoms with van der Waals surface area (Å²) in [5.74, 6) is 0. The molecule has 3 fully saturated rings. The first-order valence-corrected chi connectivity index (χ1v) is 10.8. The fraction of sp³-hybridized carbons (Fsp3) is 0.952. The molecule has 3 aliphatic heterocycles. The van der Waals surface area contributed by atoms with Gasteiger partial charge in [-0.3, -0.25) is 0 Å². The molecular weight excluding hydrogens is 340 g/mol. The molecule has 5 heteroatoms. The largest absolute Gasteiger partial charge is 0.344 e. The Kier molecular flexibility index (Phi) is 4.94. The monoisotopic (exact) mass is 380 g/mol. The number of rotatable bonds is 2. The van der Waals surface area contributed by atoms with Crippen LogP contribution in [0, 0.1) is 0 Å². The van der Waals surface area contributed by atoms with Crippen molar-refractivity contribution in [1.29, 1.82) is 0 Å². The van der Waals surface area contributed by atoms with Crippen LogP contribution in [0.5, 0.6) is 0 Å². The average molecular weight is 381 g/mol. The van der Waals surface area contributed by atoms with Crippen LogP contribution in [0.2, 0.25) is 0 Å². The molecule has 0 atom stereocenters. The number of hydrogen-bond acceptors (Lipinski definition) is 3. The maximum absolute atomic E-state index is 6.03. The van der Waals surface area contributed by atoms with E-state index in [9.17, 15) is 0 Å². The maximum atomic E-state index is 6.03. The van der Waals surface area contributed by atoms with Crippen molar-refractivity contribution in [2.45, 2.75) is 115 Å². The fourth-order valence-corrected chi connectivity index (χ4v) is 6.71. The summed E-state index contributed by atoms with van der Waals surface area (Å²) in [6, 6.07) is 1.09. The molecule has 4 nitrogen and oxygen atoms in total.